The Hall–Kier alpha value is -1.92. The maximum Gasteiger partial charge on any atom is 0.102 e. The zero-order chi connectivity index (χ0) is 15.2. The number of nitrogens with zero attached hydrogens (tertiary/aromatic N) is 4. The van der Waals surface area contributed by atoms with Gasteiger partial charge in [0.15, 0.2) is 0 Å². The van der Waals surface area contributed by atoms with Crippen molar-refractivity contribution in [3.05, 3.63) is 35.7 Å². The first-order valence-corrected chi connectivity index (χ1v) is 7.22. The lowest BCUT2D eigenvalue weighted by Gasteiger charge is -2.21. The monoisotopic (exact) mass is 289 g/mol. The Morgan fingerprint density at radius 1 is 1.19 bits per heavy atom. The van der Waals surface area contributed by atoms with Crippen LogP contribution in [0.15, 0.2) is 24.3 Å². The molecular weight excluding hydrogens is 266 g/mol. The van der Waals surface area contributed by atoms with E-state index in [0.29, 0.717) is 13.2 Å². The number of ether oxygens (including phenoxy) is 1. The SMILES string of the molecule is CCN(CC)c1ccc(-n2nnc(CN)c2COC)cc1. The van der Waals surface area contributed by atoms with Crippen LogP contribution in [0, 0.1) is 0 Å². The molecule has 0 unspecified atom stereocenters. The number of hydrogen-bond acceptors (Lipinski definition) is 5. The minimum Gasteiger partial charge on any atom is -0.378 e. The molecule has 0 bridgehead atoms. The van der Waals surface area contributed by atoms with Gasteiger partial charge in [-0.05, 0) is 38.1 Å². The standard InChI is InChI=1S/C15H23N5O/c1-4-19(5-2)12-6-8-13(9-7-12)20-15(11-21-3)14(10-16)17-18-20/h6-9H,4-5,10-11,16H2,1-3H3. The molecule has 1 aromatic heterocycles. The largest absolute Gasteiger partial charge is 0.378 e. The van der Waals surface area contributed by atoms with Gasteiger partial charge in [0.25, 0.3) is 0 Å². The highest BCUT2D eigenvalue weighted by Gasteiger charge is 2.13. The molecule has 0 saturated heterocycles. The van der Waals surface area contributed by atoms with E-state index in [1.165, 1.54) is 5.69 Å². The van der Waals surface area contributed by atoms with Gasteiger partial charge in [0.2, 0.25) is 0 Å². The van der Waals surface area contributed by atoms with Gasteiger partial charge in [0.05, 0.1) is 18.0 Å². The number of aromatic nitrogens is 3. The zero-order valence-electron chi connectivity index (χ0n) is 12.9. The first-order valence-electron chi connectivity index (χ1n) is 7.22. The highest BCUT2D eigenvalue weighted by Crippen LogP contribution is 2.19. The van der Waals surface area contributed by atoms with E-state index in [9.17, 15) is 0 Å². The molecule has 0 aliphatic carbocycles. The molecule has 0 saturated carbocycles. The van der Waals surface area contributed by atoms with Gasteiger partial charge in [0.1, 0.15) is 5.69 Å². The second-order valence-corrected chi connectivity index (χ2v) is 4.72. The normalized spacial score (nSPS) is 10.9. The number of anilines is 1. The lowest BCUT2D eigenvalue weighted by Crippen LogP contribution is -2.21. The molecular formula is C15H23N5O. The van der Waals surface area contributed by atoms with Gasteiger partial charge in [-0.2, -0.15) is 0 Å². The molecule has 21 heavy (non-hydrogen) atoms. The fraction of sp³-hybridized carbons (Fsp3) is 0.467. The van der Waals surface area contributed by atoms with Crippen molar-refractivity contribution in [3.63, 3.8) is 0 Å². The average Bonchev–Trinajstić information content (AvgIpc) is 2.92. The van der Waals surface area contributed by atoms with Gasteiger partial charge in [-0.1, -0.05) is 5.21 Å². The van der Waals surface area contributed by atoms with E-state index < -0.39 is 0 Å². The summed E-state index contributed by atoms with van der Waals surface area (Å²) in [6.45, 7) is 7.09. The predicted molar refractivity (Wildman–Crippen MR) is 83.5 cm³/mol. The Morgan fingerprint density at radius 2 is 1.86 bits per heavy atom. The lowest BCUT2D eigenvalue weighted by molar-refractivity contribution is 0.178. The molecule has 0 aliphatic rings. The average molecular weight is 289 g/mol. The van der Waals surface area contributed by atoms with Crippen LogP contribution in [0.3, 0.4) is 0 Å². The van der Waals surface area contributed by atoms with Crippen molar-refractivity contribution in [1.29, 1.82) is 0 Å². The Balaban J connectivity index is 2.32. The summed E-state index contributed by atoms with van der Waals surface area (Å²) in [5, 5.41) is 8.30. The maximum absolute atomic E-state index is 5.69. The highest BCUT2D eigenvalue weighted by molar-refractivity contribution is 5.51. The summed E-state index contributed by atoms with van der Waals surface area (Å²) in [6, 6.07) is 8.29. The van der Waals surface area contributed by atoms with E-state index in [-0.39, 0.29) is 0 Å². The molecule has 0 spiro atoms. The number of rotatable bonds is 7. The number of nitrogens with two attached hydrogens (primary N) is 1. The minimum atomic E-state index is 0.357. The Morgan fingerprint density at radius 3 is 2.38 bits per heavy atom. The van der Waals surface area contributed by atoms with E-state index in [2.05, 4.69) is 41.2 Å². The van der Waals surface area contributed by atoms with Gasteiger partial charge in [-0.15, -0.1) is 5.10 Å². The molecule has 0 fully saturated rings. The van der Waals surface area contributed by atoms with Crippen molar-refractivity contribution in [2.45, 2.75) is 27.0 Å². The van der Waals surface area contributed by atoms with E-state index in [0.717, 1.165) is 30.2 Å². The molecule has 1 aromatic carbocycles. The summed E-state index contributed by atoms with van der Waals surface area (Å²) in [7, 11) is 1.65. The summed E-state index contributed by atoms with van der Waals surface area (Å²) in [4.78, 5) is 2.30. The second kappa shape index (κ2) is 7.19. The van der Waals surface area contributed by atoms with E-state index in [1.807, 2.05) is 12.1 Å². The van der Waals surface area contributed by atoms with Crippen LogP contribution in [-0.2, 0) is 17.9 Å². The van der Waals surface area contributed by atoms with Crippen molar-refractivity contribution in [2.24, 2.45) is 5.73 Å². The second-order valence-electron chi connectivity index (χ2n) is 4.72. The zero-order valence-corrected chi connectivity index (χ0v) is 12.9. The van der Waals surface area contributed by atoms with Crippen LogP contribution in [0.4, 0.5) is 5.69 Å². The van der Waals surface area contributed by atoms with Crippen LogP contribution < -0.4 is 10.6 Å². The first-order chi connectivity index (χ1) is 10.2. The third kappa shape index (κ3) is 3.22. The lowest BCUT2D eigenvalue weighted by atomic mass is 10.2. The molecule has 0 amide bonds. The van der Waals surface area contributed by atoms with Crippen LogP contribution in [-0.4, -0.2) is 35.2 Å². The summed E-state index contributed by atoms with van der Waals surface area (Å²) >= 11 is 0. The van der Waals surface area contributed by atoms with Crippen LogP contribution in [0.5, 0.6) is 0 Å². The molecule has 114 valence electrons. The quantitative estimate of drug-likeness (QED) is 0.840. The van der Waals surface area contributed by atoms with Crippen LogP contribution >= 0.6 is 0 Å². The number of benzene rings is 1. The molecule has 2 aromatic rings. The molecule has 6 heteroatoms. The molecule has 1 heterocycles. The number of methoxy groups -OCH3 is 1. The minimum absolute atomic E-state index is 0.357. The highest BCUT2D eigenvalue weighted by atomic mass is 16.5. The Bertz CT molecular complexity index is 560. The third-order valence-corrected chi connectivity index (χ3v) is 3.54. The van der Waals surface area contributed by atoms with Gasteiger partial charge in [-0.25, -0.2) is 4.68 Å². The maximum atomic E-state index is 5.69. The molecule has 0 radical (unpaired) electrons. The number of hydrogen-bond donors (Lipinski definition) is 1. The van der Waals surface area contributed by atoms with Gasteiger partial charge in [-0.3, -0.25) is 0 Å². The molecule has 2 rings (SSSR count). The van der Waals surface area contributed by atoms with Crippen molar-refractivity contribution in [2.75, 3.05) is 25.1 Å². The van der Waals surface area contributed by atoms with Gasteiger partial charge < -0.3 is 15.4 Å². The fourth-order valence-electron chi connectivity index (χ4n) is 2.37. The summed E-state index contributed by atoms with van der Waals surface area (Å²) in [6.07, 6.45) is 0. The van der Waals surface area contributed by atoms with Crippen molar-refractivity contribution in [1.82, 2.24) is 15.0 Å². The molecule has 0 aliphatic heterocycles. The van der Waals surface area contributed by atoms with E-state index in [1.54, 1.807) is 11.8 Å². The topological polar surface area (TPSA) is 69.2 Å². The van der Waals surface area contributed by atoms with Crippen LogP contribution in [0.2, 0.25) is 0 Å². The summed E-state index contributed by atoms with van der Waals surface area (Å²) < 4.78 is 7.01. The predicted octanol–water partition coefficient (Wildman–Crippen LogP) is 1.72. The first kappa shape index (κ1) is 15.5. The van der Waals surface area contributed by atoms with E-state index >= 15 is 0 Å². The van der Waals surface area contributed by atoms with Crippen LogP contribution in [0.25, 0.3) is 5.69 Å². The molecule has 6 nitrogen and oxygen atoms in total. The Kier molecular flexibility index (Phi) is 5.30. The molecule has 0 atom stereocenters. The van der Waals surface area contributed by atoms with E-state index in [4.69, 9.17) is 10.5 Å². The van der Waals surface area contributed by atoms with Crippen LogP contribution in [0.1, 0.15) is 25.2 Å². The fourth-order valence-corrected chi connectivity index (χ4v) is 2.37. The summed E-state index contributed by atoms with van der Waals surface area (Å²) in [5.41, 5.74) is 9.53. The van der Waals surface area contributed by atoms with Crippen molar-refractivity contribution in [3.8, 4) is 5.69 Å². The van der Waals surface area contributed by atoms with Crippen molar-refractivity contribution >= 4 is 5.69 Å². The van der Waals surface area contributed by atoms with Gasteiger partial charge in [0, 0.05) is 32.4 Å². The van der Waals surface area contributed by atoms with Gasteiger partial charge >= 0.3 is 0 Å². The molecule has 2 N–H and O–H groups in total. The summed E-state index contributed by atoms with van der Waals surface area (Å²) in [5.74, 6) is 0. The smallest absolute Gasteiger partial charge is 0.102 e. The third-order valence-electron chi connectivity index (χ3n) is 3.54. The van der Waals surface area contributed by atoms with Crippen molar-refractivity contribution < 1.29 is 4.74 Å². The Labute approximate surface area is 125 Å².